The van der Waals surface area contributed by atoms with Gasteiger partial charge in [-0.1, -0.05) is 35.9 Å². The van der Waals surface area contributed by atoms with Crippen LogP contribution >= 0.6 is 11.6 Å². The van der Waals surface area contributed by atoms with E-state index >= 15 is 0 Å². The Labute approximate surface area is 196 Å². The van der Waals surface area contributed by atoms with Crippen LogP contribution in [0.5, 0.6) is 0 Å². The molecular weight excluding hydrogens is 440 g/mol. The molecule has 0 bridgehead atoms. The normalized spacial score (nSPS) is 16.3. The molecule has 3 aromatic heterocycles. The topological polar surface area (TPSA) is 85.5 Å². The predicted octanol–water partition coefficient (Wildman–Crippen LogP) is 3.08. The van der Waals surface area contributed by atoms with Crippen molar-refractivity contribution < 1.29 is 9.53 Å². The van der Waals surface area contributed by atoms with Crippen molar-refractivity contribution >= 4 is 23.2 Å². The SMILES string of the molecule is Cc1nn(C)cc1-c1ccccc1-c1nc2cc(C(=O)NC[C@@H]3CNCCO3)ccn2c1Cl. The van der Waals surface area contributed by atoms with E-state index in [1.165, 1.54) is 0 Å². The van der Waals surface area contributed by atoms with Crippen molar-refractivity contribution in [1.82, 2.24) is 29.8 Å². The first-order valence-electron chi connectivity index (χ1n) is 10.9. The summed E-state index contributed by atoms with van der Waals surface area (Å²) in [5, 5.41) is 11.2. The van der Waals surface area contributed by atoms with Gasteiger partial charge in [-0.3, -0.25) is 13.9 Å². The van der Waals surface area contributed by atoms with Gasteiger partial charge in [-0.05, 0) is 24.6 Å². The van der Waals surface area contributed by atoms with Gasteiger partial charge in [-0.2, -0.15) is 5.10 Å². The molecular formula is C24H25ClN6O2. The molecule has 0 saturated carbocycles. The molecule has 8 nitrogen and oxygen atoms in total. The summed E-state index contributed by atoms with van der Waals surface area (Å²) in [6.07, 6.45) is 3.75. The van der Waals surface area contributed by atoms with Crippen molar-refractivity contribution in [2.45, 2.75) is 13.0 Å². The quantitative estimate of drug-likeness (QED) is 0.474. The van der Waals surface area contributed by atoms with E-state index in [0.717, 1.165) is 35.5 Å². The number of benzene rings is 1. The summed E-state index contributed by atoms with van der Waals surface area (Å²) < 4.78 is 9.23. The molecule has 2 N–H and O–H groups in total. The zero-order valence-corrected chi connectivity index (χ0v) is 19.3. The number of rotatable bonds is 5. The van der Waals surface area contributed by atoms with Crippen molar-refractivity contribution in [2.24, 2.45) is 7.05 Å². The van der Waals surface area contributed by atoms with Gasteiger partial charge in [0.15, 0.2) is 0 Å². The van der Waals surface area contributed by atoms with E-state index in [9.17, 15) is 4.79 Å². The van der Waals surface area contributed by atoms with Crippen LogP contribution in [0.1, 0.15) is 16.1 Å². The number of morpholine rings is 1. The first-order chi connectivity index (χ1) is 16.0. The van der Waals surface area contributed by atoms with Crippen LogP contribution in [-0.4, -0.2) is 57.4 Å². The molecule has 1 atom stereocenters. The fraction of sp³-hybridized carbons (Fsp3) is 0.292. The van der Waals surface area contributed by atoms with E-state index in [4.69, 9.17) is 21.3 Å². The Morgan fingerprint density at radius 2 is 2.09 bits per heavy atom. The highest BCUT2D eigenvalue weighted by Crippen LogP contribution is 2.36. The largest absolute Gasteiger partial charge is 0.374 e. The molecule has 1 saturated heterocycles. The molecule has 1 amide bonds. The fourth-order valence-electron chi connectivity index (χ4n) is 4.18. The van der Waals surface area contributed by atoms with Gasteiger partial charge in [0.1, 0.15) is 16.5 Å². The third kappa shape index (κ3) is 4.25. The highest BCUT2D eigenvalue weighted by Gasteiger charge is 2.20. The second kappa shape index (κ2) is 8.97. The molecule has 9 heteroatoms. The minimum Gasteiger partial charge on any atom is -0.374 e. The molecule has 1 aromatic carbocycles. The lowest BCUT2D eigenvalue weighted by Crippen LogP contribution is -2.45. The van der Waals surface area contributed by atoms with Gasteiger partial charge < -0.3 is 15.4 Å². The highest BCUT2D eigenvalue weighted by molar-refractivity contribution is 6.32. The molecule has 33 heavy (non-hydrogen) atoms. The number of nitrogens with zero attached hydrogens (tertiary/aromatic N) is 4. The monoisotopic (exact) mass is 464 g/mol. The van der Waals surface area contributed by atoms with Crippen LogP contribution < -0.4 is 10.6 Å². The number of hydrogen-bond acceptors (Lipinski definition) is 5. The van der Waals surface area contributed by atoms with Crippen molar-refractivity contribution in [1.29, 1.82) is 0 Å². The summed E-state index contributed by atoms with van der Waals surface area (Å²) in [5.41, 5.74) is 5.67. The number of fused-ring (bicyclic) bond motifs is 1. The lowest BCUT2D eigenvalue weighted by atomic mass is 9.99. The third-order valence-corrected chi connectivity index (χ3v) is 6.17. The van der Waals surface area contributed by atoms with Crippen LogP contribution in [0.15, 0.2) is 48.8 Å². The number of aromatic nitrogens is 4. The fourth-order valence-corrected chi connectivity index (χ4v) is 4.46. The first kappa shape index (κ1) is 21.6. The zero-order valence-electron chi connectivity index (χ0n) is 18.5. The molecule has 4 aromatic rings. The van der Waals surface area contributed by atoms with Crippen molar-refractivity contribution in [3.63, 3.8) is 0 Å². The molecule has 0 aliphatic carbocycles. The zero-order chi connectivity index (χ0) is 22.9. The number of imidazole rings is 1. The Morgan fingerprint density at radius 1 is 1.27 bits per heavy atom. The lowest BCUT2D eigenvalue weighted by Gasteiger charge is -2.23. The third-order valence-electron chi connectivity index (χ3n) is 5.81. The average Bonchev–Trinajstić information content (AvgIpc) is 3.35. The van der Waals surface area contributed by atoms with Gasteiger partial charge in [0.25, 0.3) is 5.91 Å². The van der Waals surface area contributed by atoms with Crippen molar-refractivity contribution in [3.8, 4) is 22.4 Å². The minimum atomic E-state index is -0.168. The number of halogens is 1. The van der Waals surface area contributed by atoms with Crippen molar-refractivity contribution in [3.05, 3.63) is 65.2 Å². The van der Waals surface area contributed by atoms with Crippen LogP contribution in [0.2, 0.25) is 5.15 Å². The Bertz CT molecular complexity index is 1320. The minimum absolute atomic E-state index is 0.0219. The summed E-state index contributed by atoms with van der Waals surface area (Å²) in [6, 6.07) is 11.5. The van der Waals surface area contributed by atoms with E-state index in [0.29, 0.717) is 35.2 Å². The Balaban J connectivity index is 1.46. The number of carbonyl (C=O) groups excluding carboxylic acids is 1. The van der Waals surface area contributed by atoms with E-state index in [-0.39, 0.29) is 12.0 Å². The number of nitrogens with one attached hydrogen (secondary N) is 2. The number of pyridine rings is 1. The number of aryl methyl sites for hydroxylation is 2. The molecule has 170 valence electrons. The van der Waals surface area contributed by atoms with Gasteiger partial charge in [-0.25, -0.2) is 4.98 Å². The summed E-state index contributed by atoms with van der Waals surface area (Å²) in [4.78, 5) is 17.5. The molecule has 5 rings (SSSR count). The van der Waals surface area contributed by atoms with Crippen LogP contribution in [-0.2, 0) is 11.8 Å². The Hall–Kier alpha value is -3.20. The summed E-state index contributed by atoms with van der Waals surface area (Å²) in [6.45, 7) is 4.66. The molecule has 0 spiro atoms. The summed E-state index contributed by atoms with van der Waals surface area (Å²) in [5.74, 6) is -0.168. The molecule has 0 radical (unpaired) electrons. The van der Waals surface area contributed by atoms with Crippen LogP contribution in [0, 0.1) is 6.92 Å². The van der Waals surface area contributed by atoms with E-state index in [2.05, 4.69) is 15.7 Å². The highest BCUT2D eigenvalue weighted by atomic mass is 35.5. The number of carbonyl (C=O) groups is 1. The van der Waals surface area contributed by atoms with Crippen LogP contribution in [0.4, 0.5) is 0 Å². The maximum atomic E-state index is 12.7. The van der Waals surface area contributed by atoms with E-state index in [1.54, 1.807) is 27.4 Å². The van der Waals surface area contributed by atoms with Gasteiger partial charge >= 0.3 is 0 Å². The standard InChI is InChI=1S/C24H25ClN6O2/c1-15-20(14-30(2)29-15)18-5-3-4-6-19(18)22-23(25)31-9-7-16(11-21(31)28-22)24(32)27-13-17-12-26-8-10-33-17/h3-7,9,11,14,17,26H,8,10,12-13H2,1-2H3,(H,27,32)/t17-/m0/s1. The predicted molar refractivity (Wildman–Crippen MR) is 128 cm³/mol. The molecule has 1 aliphatic heterocycles. The Kier molecular flexibility index (Phi) is 5.88. The maximum Gasteiger partial charge on any atom is 0.251 e. The number of ether oxygens (including phenoxy) is 1. The summed E-state index contributed by atoms with van der Waals surface area (Å²) in [7, 11) is 1.90. The van der Waals surface area contributed by atoms with Crippen LogP contribution in [0.3, 0.4) is 0 Å². The second-order valence-corrected chi connectivity index (χ2v) is 8.51. The maximum absolute atomic E-state index is 12.7. The van der Waals surface area contributed by atoms with Crippen molar-refractivity contribution in [2.75, 3.05) is 26.2 Å². The smallest absolute Gasteiger partial charge is 0.251 e. The number of hydrogen-bond donors (Lipinski definition) is 2. The molecule has 0 unspecified atom stereocenters. The molecule has 1 fully saturated rings. The van der Waals surface area contributed by atoms with E-state index < -0.39 is 0 Å². The van der Waals surface area contributed by atoms with Crippen LogP contribution in [0.25, 0.3) is 28.0 Å². The van der Waals surface area contributed by atoms with Gasteiger partial charge in [0, 0.05) is 55.8 Å². The lowest BCUT2D eigenvalue weighted by molar-refractivity contribution is 0.0287. The average molecular weight is 465 g/mol. The van der Waals surface area contributed by atoms with Gasteiger partial charge in [0.05, 0.1) is 18.4 Å². The molecule has 1 aliphatic rings. The second-order valence-electron chi connectivity index (χ2n) is 8.15. The Morgan fingerprint density at radius 3 is 2.82 bits per heavy atom. The first-order valence-corrected chi connectivity index (χ1v) is 11.3. The molecule has 4 heterocycles. The van der Waals surface area contributed by atoms with Gasteiger partial charge in [-0.15, -0.1) is 0 Å². The summed E-state index contributed by atoms with van der Waals surface area (Å²) >= 11 is 6.75. The van der Waals surface area contributed by atoms with Gasteiger partial charge in [0.2, 0.25) is 0 Å². The number of amides is 1. The van der Waals surface area contributed by atoms with E-state index in [1.807, 2.05) is 44.4 Å².